The van der Waals surface area contributed by atoms with E-state index < -0.39 is 6.09 Å². The molecule has 0 aliphatic rings. The predicted octanol–water partition coefficient (Wildman–Crippen LogP) is 1.78. The van der Waals surface area contributed by atoms with E-state index in [0.29, 0.717) is 23.0 Å². The molecule has 1 N–H and O–H groups in total. The Bertz CT molecular complexity index is 574. The maximum Gasteiger partial charge on any atom is 0.438 e. The number of hydrogen-bond acceptors (Lipinski definition) is 4. The zero-order valence-corrected chi connectivity index (χ0v) is 8.76. The fourth-order valence-electron chi connectivity index (χ4n) is 1.30. The van der Waals surface area contributed by atoms with E-state index in [2.05, 4.69) is 4.98 Å². The lowest BCUT2D eigenvalue weighted by Gasteiger charge is -2.14. The van der Waals surface area contributed by atoms with Crippen molar-refractivity contribution in [3.63, 3.8) is 0 Å². The molecule has 0 bridgehead atoms. The lowest BCUT2D eigenvalue weighted by molar-refractivity contribution is 0.202. The summed E-state index contributed by atoms with van der Waals surface area (Å²) in [7, 11) is 0. The molecule has 1 aromatic heterocycles. The van der Waals surface area contributed by atoms with Crippen LogP contribution in [0, 0.1) is 10.7 Å². The van der Waals surface area contributed by atoms with E-state index in [1.807, 2.05) is 6.07 Å². The summed E-state index contributed by atoms with van der Waals surface area (Å²) in [4.78, 5) is 15.0. The lowest BCUT2D eigenvalue weighted by Crippen LogP contribution is -2.31. The van der Waals surface area contributed by atoms with Crippen LogP contribution in [0.5, 0.6) is 0 Å². The van der Waals surface area contributed by atoms with Gasteiger partial charge in [-0.1, -0.05) is 12.1 Å². The van der Waals surface area contributed by atoms with E-state index in [4.69, 9.17) is 10.4 Å². The van der Waals surface area contributed by atoms with Crippen LogP contribution in [0.1, 0.15) is 0 Å². The number of fused-ring (bicyclic) bond motifs is 1. The standard InChI is InChI=1S/C9H6N4O2S/c10-5-16-13(9(14)15)12-6-11-7-3-1-2-4-8(7)12/h1-4,6H,(H,14,15). The molecule has 1 aromatic carbocycles. The highest BCUT2D eigenvalue weighted by molar-refractivity contribution is 8.05. The quantitative estimate of drug-likeness (QED) is 0.632. The van der Waals surface area contributed by atoms with E-state index in [1.165, 1.54) is 11.0 Å². The molecule has 2 aromatic rings. The zero-order valence-electron chi connectivity index (χ0n) is 7.94. The Morgan fingerprint density at radius 3 is 3.00 bits per heavy atom. The molecule has 0 unspecified atom stereocenters. The zero-order chi connectivity index (χ0) is 11.5. The van der Waals surface area contributed by atoms with Crippen LogP contribution in [0.4, 0.5) is 4.79 Å². The number of rotatable bonds is 2. The summed E-state index contributed by atoms with van der Waals surface area (Å²) in [6, 6.07) is 7.08. The van der Waals surface area contributed by atoms with Gasteiger partial charge in [0.15, 0.2) is 5.40 Å². The first kappa shape index (κ1) is 10.3. The number of hydrogen-bond donors (Lipinski definition) is 1. The highest BCUT2D eigenvalue weighted by Crippen LogP contribution is 2.16. The Balaban J connectivity index is 2.53. The molecular weight excluding hydrogens is 228 g/mol. The number of thiocyanates is 1. The molecule has 7 heteroatoms. The molecule has 0 fully saturated rings. The van der Waals surface area contributed by atoms with E-state index in [9.17, 15) is 4.79 Å². The maximum atomic E-state index is 10.9. The number of nitriles is 1. The fraction of sp³-hybridized carbons (Fsp3) is 0. The Hall–Kier alpha value is -2.20. The lowest BCUT2D eigenvalue weighted by atomic mass is 10.3. The van der Waals surface area contributed by atoms with Crippen molar-refractivity contribution < 1.29 is 9.90 Å². The summed E-state index contributed by atoms with van der Waals surface area (Å²) in [6.45, 7) is 0. The average Bonchev–Trinajstić information content (AvgIpc) is 2.69. The summed E-state index contributed by atoms with van der Waals surface area (Å²) in [5.74, 6) is 0. The van der Waals surface area contributed by atoms with Crippen molar-refractivity contribution in [2.24, 2.45) is 0 Å². The first-order valence-electron chi connectivity index (χ1n) is 4.25. The van der Waals surface area contributed by atoms with Gasteiger partial charge in [0.2, 0.25) is 0 Å². The molecule has 1 amide bonds. The Morgan fingerprint density at radius 1 is 1.56 bits per heavy atom. The van der Waals surface area contributed by atoms with Crippen LogP contribution in [0.2, 0.25) is 0 Å². The summed E-state index contributed by atoms with van der Waals surface area (Å²) in [5, 5.41) is 19.2. The number of benzene rings is 1. The summed E-state index contributed by atoms with van der Waals surface area (Å²) in [6.07, 6.45) is 0.137. The highest BCUT2D eigenvalue weighted by Gasteiger charge is 2.17. The van der Waals surface area contributed by atoms with Gasteiger partial charge in [0.25, 0.3) is 0 Å². The topological polar surface area (TPSA) is 82.1 Å². The molecule has 0 radical (unpaired) electrons. The van der Waals surface area contributed by atoms with E-state index in [-0.39, 0.29) is 0 Å². The molecule has 0 aliphatic heterocycles. The molecular formula is C9H6N4O2S. The minimum absolute atomic E-state index is 0.519. The minimum Gasteiger partial charge on any atom is -0.463 e. The van der Waals surface area contributed by atoms with Gasteiger partial charge in [0, 0.05) is 0 Å². The van der Waals surface area contributed by atoms with Gasteiger partial charge in [-0.15, -0.1) is 4.41 Å². The maximum absolute atomic E-state index is 10.9. The van der Waals surface area contributed by atoms with Crippen molar-refractivity contribution >= 4 is 29.1 Å². The van der Waals surface area contributed by atoms with Gasteiger partial charge in [-0.2, -0.15) is 5.26 Å². The molecule has 1 heterocycles. The molecule has 0 saturated heterocycles. The molecule has 0 spiro atoms. The molecule has 2 rings (SSSR count). The van der Waals surface area contributed by atoms with Crippen molar-refractivity contribution in [1.82, 2.24) is 9.66 Å². The van der Waals surface area contributed by atoms with Crippen molar-refractivity contribution in [3.8, 4) is 5.40 Å². The van der Waals surface area contributed by atoms with Gasteiger partial charge in [-0.25, -0.2) is 14.5 Å². The van der Waals surface area contributed by atoms with Crippen LogP contribution in [0.3, 0.4) is 0 Å². The average molecular weight is 234 g/mol. The second kappa shape index (κ2) is 4.12. The van der Waals surface area contributed by atoms with Crippen molar-refractivity contribution in [2.45, 2.75) is 0 Å². The summed E-state index contributed by atoms with van der Waals surface area (Å²) in [5.41, 5.74) is 1.31. The third-order valence-corrected chi connectivity index (χ3v) is 2.51. The third-order valence-electron chi connectivity index (χ3n) is 1.92. The van der Waals surface area contributed by atoms with Gasteiger partial charge in [0.1, 0.15) is 6.33 Å². The number of amides is 1. The largest absolute Gasteiger partial charge is 0.463 e. The van der Waals surface area contributed by atoms with Gasteiger partial charge >= 0.3 is 6.09 Å². The number of carboxylic acid groups (broad SMARTS) is 1. The van der Waals surface area contributed by atoms with Gasteiger partial charge < -0.3 is 5.11 Å². The normalized spacial score (nSPS) is 9.94. The van der Waals surface area contributed by atoms with E-state index >= 15 is 0 Å². The molecule has 6 nitrogen and oxygen atoms in total. The molecule has 80 valence electrons. The number of imidazole rings is 1. The highest BCUT2D eigenvalue weighted by atomic mass is 32.2. The predicted molar refractivity (Wildman–Crippen MR) is 59.2 cm³/mol. The second-order valence-electron chi connectivity index (χ2n) is 2.82. The Kier molecular flexibility index (Phi) is 2.66. The molecule has 0 atom stereocenters. The second-order valence-corrected chi connectivity index (χ2v) is 3.53. The Morgan fingerprint density at radius 2 is 2.31 bits per heavy atom. The van der Waals surface area contributed by atoms with Crippen molar-refractivity contribution in [2.75, 3.05) is 4.41 Å². The van der Waals surface area contributed by atoms with Crippen LogP contribution in [-0.4, -0.2) is 20.9 Å². The van der Waals surface area contributed by atoms with E-state index in [0.717, 1.165) is 4.41 Å². The Labute approximate surface area is 94.8 Å². The van der Waals surface area contributed by atoms with Gasteiger partial charge in [-0.05, 0) is 12.1 Å². The van der Waals surface area contributed by atoms with Crippen LogP contribution in [0.25, 0.3) is 11.0 Å². The SMILES string of the molecule is N#CSN(C(=O)O)n1cnc2ccccc21. The number of nitrogens with zero attached hydrogens (tertiary/aromatic N) is 4. The summed E-state index contributed by atoms with van der Waals surface area (Å²) < 4.78 is 2.13. The molecule has 0 saturated carbocycles. The first-order chi connectivity index (χ1) is 7.74. The summed E-state index contributed by atoms with van der Waals surface area (Å²) >= 11 is 0.519. The minimum atomic E-state index is -1.23. The smallest absolute Gasteiger partial charge is 0.438 e. The first-order valence-corrected chi connectivity index (χ1v) is 5.03. The molecule has 16 heavy (non-hydrogen) atoms. The van der Waals surface area contributed by atoms with Gasteiger partial charge in [0.05, 0.1) is 23.0 Å². The molecule has 0 aliphatic carbocycles. The van der Waals surface area contributed by atoms with Crippen molar-refractivity contribution in [1.29, 1.82) is 5.26 Å². The number of aromatic nitrogens is 2. The number of carbonyl (C=O) groups is 1. The van der Waals surface area contributed by atoms with Crippen molar-refractivity contribution in [3.05, 3.63) is 30.6 Å². The van der Waals surface area contributed by atoms with Crippen LogP contribution >= 0.6 is 11.9 Å². The van der Waals surface area contributed by atoms with Crippen LogP contribution in [-0.2, 0) is 0 Å². The fourth-order valence-corrected chi connectivity index (χ4v) is 1.68. The number of para-hydroxylation sites is 2. The third kappa shape index (κ3) is 1.66. The monoisotopic (exact) mass is 234 g/mol. The van der Waals surface area contributed by atoms with Gasteiger partial charge in [-0.3, -0.25) is 0 Å². The van der Waals surface area contributed by atoms with E-state index in [1.54, 1.807) is 23.6 Å². The van der Waals surface area contributed by atoms with Crippen LogP contribution < -0.4 is 4.41 Å². The van der Waals surface area contributed by atoms with Crippen LogP contribution in [0.15, 0.2) is 30.6 Å².